The van der Waals surface area contributed by atoms with E-state index in [1.165, 1.54) is 0 Å². The fourth-order valence-corrected chi connectivity index (χ4v) is 4.69. The maximum atomic E-state index is 12.4. The van der Waals surface area contributed by atoms with Crippen molar-refractivity contribution in [2.24, 2.45) is 5.41 Å². The maximum Gasteiger partial charge on any atom is 0.229 e. The summed E-state index contributed by atoms with van der Waals surface area (Å²) in [5, 5.41) is 15.7. The van der Waals surface area contributed by atoms with Gasteiger partial charge in [0.1, 0.15) is 11.2 Å². The van der Waals surface area contributed by atoms with Gasteiger partial charge in [0, 0.05) is 34.3 Å². The van der Waals surface area contributed by atoms with Gasteiger partial charge in [-0.2, -0.15) is 16.4 Å². The van der Waals surface area contributed by atoms with Crippen LogP contribution >= 0.6 is 11.3 Å². The van der Waals surface area contributed by atoms with Crippen molar-refractivity contribution in [2.75, 3.05) is 5.32 Å². The van der Waals surface area contributed by atoms with E-state index in [-0.39, 0.29) is 5.91 Å². The summed E-state index contributed by atoms with van der Waals surface area (Å²) in [7, 11) is 0. The van der Waals surface area contributed by atoms with Crippen LogP contribution in [0.2, 0.25) is 0 Å². The first-order chi connectivity index (χ1) is 17.4. The number of pyridine rings is 2. The van der Waals surface area contributed by atoms with Gasteiger partial charge in [-0.15, -0.1) is 0 Å². The van der Waals surface area contributed by atoms with Gasteiger partial charge in [0.2, 0.25) is 5.91 Å². The second-order valence-electron chi connectivity index (χ2n) is 9.68. The summed E-state index contributed by atoms with van der Waals surface area (Å²) < 4.78 is 0. The molecule has 0 fully saturated rings. The van der Waals surface area contributed by atoms with Crippen LogP contribution < -0.4 is 5.32 Å². The van der Waals surface area contributed by atoms with Crippen LogP contribution in [0.5, 0.6) is 0 Å². The average molecular weight is 494 g/mol. The molecular weight excluding hydrogens is 470 g/mol. The zero-order valence-corrected chi connectivity index (χ0v) is 20.8. The number of hydrogen-bond acceptors (Lipinski definition) is 6. The highest BCUT2D eigenvalue weighted by Gasteiger charge is 2.21. The van der Waals surface area contributed by atoms with Gasteiger partial charge in [-0.25, -0.2) is 4.98 Å². The molecule has 0 spiro atoms. The van der Waals surface area contributed by atoms with E-state index in [4.69, 9.17) is 4.98 Å². The van der Waals surface area contributed by atoms with Gasteiger partial charge in [-0.3, -0.25) is 19.9 Å². The van der Waals surface area contributed by atoms with Crippen LogP contribution in [0.1, 0.15) is 20.8 Å². The van der Waals surface area contributed by atoms with Crippen molar-refractivity contribution >= 4 is 44.9 Å². The number of H-pyrrole nitrogens is 2. The number of nitrogens with zero attached hydrogens (tertiary/aromatic N) is 4. The molecule has 1 aromatic carbocycles. The Kier molecular flexibility index (Phi) is 5.15. The molecule has 36 heavy (non-hydrogen) atoms. The highest BCUT2D eigenvalue weighted by atomic mass is 32.1. The second kappa shape index (κ2) is 8.39. The topological polar surface area (TPSA) is 112 Å². The summed E-state index contributed by atoms with van der Waals surface area (Å²) in [4.78, 5) is 29.5. The van der Waals surface area contributed by atoms with Crippen LogP contribution in [0.25, 0.3) is 55.7 Å². The van der Waals surface area contributed by atoms with Crippen molar-refractivity contribution < 1.29 is 4.79 Å². The molecule has 9 heteroatoms. The third-order valence-electron chi connectivity index (χ3n) is 6.02. The Hall–Kier alpha value is -4.37. The smallest absolute Gasteiger partial charge is 0.229 e. The summed E-state index contributed by atoms with van der Waals surface area (Å²) in [6.45, 7) is 5.64. The lowest BCUT2D eigenvalue weighted by atomic mass is 9.95. The van der Waals surface area contributed by atoms with Crippen LogP contribution in [0.15, 0.2) is 65.9 Å². The van der Waals surface area contributed by atoms with Gasteiger partial charge in [-0.1, -0.05) is 26.8 Å². The quantitative estimate of drug-likeness (QED) is 0.268. The van der Waals surface area contributed by atoms with Crippen LogP contribution in [-0.4, -0.2) is 36.0 Å². The number of carbonyl (C=O) groups excluding carboxylic acids is 1. The summed E-state index contributed by atoms with van der Waals surface area (Å²) in [6, 6.07) is 10.1. The van der Waals surface area contributed by atoms with Crippen LogP contribution in [-0.2, 0) is 4.79 Å². The van der Waals surface area contributed by atoms with Crippen molar-refractivity contribution in [3.05, 3.63) is 65.9 Å². The van der Waals surface area contributed by atoms with E-state index in [1.54, 1.807) is 29.9 Å². The first kappa shape index (κ1) is 22.1. The number of anilines is 1. The number of aromatic nitrogens is 6. The fraction of sp³-hybridized carbons (Fsp3) is 0.148. The Bertz CT molecular complexity index is 1720. The number of carbonyl (C=O) groups is 1. The van der Waals surface area contributed by atoms with Crippen molar-refractivity contribution in [2.45, 2.75) is 20.8 Å². The van der Waals surface area contributed by atoms with Gasteiger partial charge in [0.15, 0.2) is 5.82 Å². The SMILES string of the molecule is CC(C)(C)C(=O)Nc1cncc(-c2ccc3[nH]nc(-c4nc5c(-c6ccsc6)cncc5[nH]4)c3c2)c1. The number of nitrogens with one attached hydrogen (secondary N) is 3. The lowest BCUT2D eigenvalue weighted by Crippen LogP contribution is -2.27. The number of aromatic amines is 2. The normalized spacial score (nSPS) is 11.9. The number of fused-ring (bicyclic) bond motifs is 2. The van der Waals surface area contributed by atoms with E-state index in [2.05, 4.69) is 48.0 Å². The van der Waals surface area contributed by atoms with E-state index < -0.39 is 5.41 Å². The Morgan fingerprint density at radius 2 is 1.81 bits per heavy atom. The zero-order chi connectivity index (χ0) is 24.9. The molecule has 0 aliphatic heterocycles. The molecule has 0 bridgehead atoms. The molecule has 0 saturated carbocycles. The summed E-state index contributed by atoms with van der Waals surface area (Å²) in [5.74, 6) is 0.609. The molecule has 3 N–H and O–H groups in total. The predicted molar refractivity (Wildman–Crippen MR) is 144 cm³/mol. The third kappa shape index (κ3) is 3.93. The molecule has 6 rings (SSSR count). The fourth-order valence-electron chi connectivity index (χ4n) is 4.03. The highest BCUT2D eigenvalue weighted by Crippen LogP contribution is 2.33. The number of benzene rings is 1. The molecule has 5 aromatic heterocycles. The largest absolute Gasteiger partial charge is 0.335 e. The van der Waals surface area contributed by atoms with Crippen molar-refractivity contribution in [1.82, 2.24) is 30.1 Å². The number of rotatable bonds is 4. The first-order valence-corrected chi connectivity index (χ1v) is 12.4. The molecule has 0 aliphatic rings. The van der Waals surface area contributed by atoms with E-state index in [1.807, 2.05) is 50.5 Å². The predicted octanol–water partition coefficient (Wildman–Crippen LogP) is 6.28. The number of imidazole rings is 1. The van der Waals surface area contributed by atoms with Gasteiger partial charge < -0.3 is 10.3 Å². The lowest BCUT2D eigenvalue weighted by molar-refractivity contribution is -0.123. The maximum absolute atomic E-state index is 12.4. The van der Waals surface area contributed by atoms with E-state index in [0.717, 1.165) is 49.9 Å². The summed E-state index contributed by atoms with van der Waals surface area (Å²) >= 11 is 1.64. The summed E-state index contributed by atoms with van der Waals surface area (Å²) in [5.41, 5.74) is 7.43. The Labute approximate surface area is 210 Å². The summed E-state index contributed by atoms with van der Waals surface area (Å²) in [6.07, 6.45) is 7.06. The standard InChI is InChI=1S/C27H23N7OS/c1-27(2,3)26(35)30-18-8-17(10-28-11-18)15-4-5-21-19(9-15)24(34-33-21)25-31-22-13-29-12-20(23(22)32-25)16-6-7-36-14-16/h4-14H,1-3H3,(H,30,35)(H,31,32)(H,33,34). The van der Waals surface area contributed by atoms with E-state index in [0.29, 0.717) is 11.5 Å². The van der Waals surface area contributed by atoms with Crippen molar-refractivity contribution in [3.63, 3.8) is 0 Å². The molecular formula is C27H23N7OS. The molecule has 0 saturated heterocycles. The molecule has 178 valence electrons. The average Bonchev–Trinajstić information content (AvgIpc) is 3.62. The zero-order valence-electron chi connectivity index (χ0n) is 20.0. The minimum absolute atomic E-state index is 0.0600. The van der Waals surface area contributed by atoms with Gasteiger partial charge in [-0.05, 0) is 46.2 Å². The van der Waals surface area contributed by atoms with Crippen molar-refractivity contribution in [3.8, 4) is 33.8 Å². The van der Waals surface area contributed by atoms with Crippen LogP contribution in [0.3, 0.4) is 0 Å². The van der Waals surface area contributed by atoms with E-state index in [9.17, 15) is 4.79 Å². The lowest BCUT2D eigenvalue weighted by Gasteiger charge is -2.17. The molecule has 0 radical (unpaired) electrons. The number of hydrogen-bond donors (Lipinski definition) is 3. The van der Waals surface area contributed by atoms with Crippen LogP contribution in [0.4, 0.5) is 5.69 Å². The molecule has 0 aliphatic carbocycles. The molecule has 0 unspecified atom stereocenters. The Balaban J connectivity index is 1.40. The second-order valence-corrected chi connectivity index (χ2v) is 10.5. The van der Waals surface area contributed by atoms with Gasteiger partial charge in [0.25, 0.3) is 0 Å². The minimum Gasteiger partial charge on any atom is -0.335 e. The third-order valence-corrected chi connectivity index (χ3v) is 6.71. The highest BCUT2D eigenvalue weighted by molar-refractivity contribution is 7.08. The molecule has 1 amide bonds. The minimum atomic E-state index is -0.494. The van der Waals surface area contributed by atoms with E-state index >= 15 is 0 Å². The Morgan fingerprint density at radius 3 is 2.61 bits per heavy atom. The van der Waals surface area contributed by atoms with Crippen LogP contribution in [0, 0.1) is 5.41 Å². The van der Waals surface area contributed by atoms with Gasteiger partial charge >= 0.3 is 0 Å². The van der Waals surface area contributed by atoms with Crippen molar-refractivity contribution in [1.29, 1.82) is 0 Å². The molecule has 6 aromatic rings. The monoisotopic (exact) mass is 493 g/mol. The number of thiophene rings is 1. The number of amides is 1. The Morgan fingerprint density at radius 1 is 0.944 bits per heavy atom. The molecule has 5 heterocycles. The first-order valence-electron chi connectivity index (χ1n) is 11.5. The molecule has 8 nitrogen and oxygen atoms in total. The molecule has 0 atom stereocenters. The van der Waals surface area contributed by atoms with Gasteiger partial charge in [0.05, 0.1) is 29.1 Å².